The maximum atomic E-state index is 12.6. The number of aliphatic imine (C=N–C) groups is 1. The van der Waals surface area contributed by atoms with Crippen LogP contribution in [-0.2, 0) is 19.3 Å². The van der Waals surface area contributed by atoms with Gasteiger partial charge in [-0.25, -0.2) is 4.98 Å². The number of nitrogens with one attached hydrogen (secondary N) is 2. The summed E-state index contributed by atoms with van der Waals surface area (Å²) in [5.74, 6) is 0.527. The number of guanidine groups is 1. The molecule has 10 heteroatoms. The van der Waals surface area contributed by atoms with Crippen LogP contribution in [0.1, 0.15) is 23.2 Å². The Morgan fingerprint density at radius 1 is 1.25 bits per heavy atom. The molecule has 2 aromatic rings. The lowest BCUT2D eigenvalue weighted by Crippen LogP contribution is -2.44. The van der Waals surface area contributed by atoms with Crippen LogP contribution < -0.4 is 10.6 Å². The van der Waals surface area contributed by atoms with Crippen molar-refractivity contribution in [3.8, 4) is 0 Å². The van der Waals surface area contributed by atoms with Gasteiger partial charge in [0.25, 0.3) is 0 Å². The smallest absolute Gasteiger partial charge is 0.355 e. The summed E-state index contributed by atoms with van der Waals surface area (Å²) in [5, 5.41) is 7.57. The van der Waals surface area contributed by atoms with Crippen LogP contribution in [0.2, 0.25) is 0 Å². The molecular weight excluding hydrogens is 502 g/mol. The summed E-state index contributed by atoms with van der Waals surface area (Å²) < 4.78 is 37.8. The van der Waals surface area contributed by atoms with E-state index < -0.39 is 11.9 Å². The van der Waals surface area contributed by atoms with E-state index in [-0.39, 0.29) is 36.6 Å². The Kier molecular flexibility index (Phi) is 10.2. The predicted octanol–water partition coefficient (Wildman–Crippen LogP) is 3.97. The number of alkyl halides is 3. The molecular formula is C18H25F3IN5S. The summed E-state index contributed by atoms with van der Waals surface area (Å²) in [6.07, 6.45) is -4.41. The monoisotopic (exact) mass is 527 g/mol. The number of hydrogen-bond acceptors (Lipinski definition) is 4. The van der Waals surface area contributed by atoms with Crippen LogP contribution in [0.5, 0.6) is 0 Å². The van der Waals surface area contributed by atoms with E-state index in [0.29, 0.717) is 17.5 Å². The summed E-state index contributed by atoms with van der Waals surface area (Å²) in [6.45, 7) is 3.76. The molecule has 2 rings (SSSR count). The number of hydrogen-bond donors (Lipinski definition) is 2. The van der Waals surface area contributed by atoms with Gasteiger partial charge in [-0.1, -0.05) is 30.3 Å². The average Bonchev–Trinajstić information content (AvgIpc) is 3.12. The first-order valence-electron chi connectivity index (χ1n) is 8.50. The highest BCUT2D eigenvalue weighted by molar-refractivity contribution is 14.0. The van der Waals surface area contributed by atoms with Crippen molar-refractivity contribution in [3.63, 3.8) is 0 Å². The Bertz CT molecular complexity index is 736. The number of thiazole rings is 1. The number of nitrogens with zero attached hydrogens (tertiary/aromatic N) is 3. The van der Waals surface area contributed by atoms with E-state index in [9.17, 15) is 13.2 Å². The highest BCUT2D eigenvalue weighted by Gasteiger charge is 2.33. The first-order chi connectivity index (χ1) is 12.8. The van der Waals surface area contributed by atoms with Crippen molar-refractivity contribution in [2.75, 3.05) is 20.6 Å². The molecule has 2 N–H and O–H groups in total. The van der Waals surface area contributed by atoms with Gasteiger partial charge in [-0.05, 0) is 19.5 Å². The third kappa shape index (κ3) is 7.92. The Morgan fingerprint density at radius 3 is 2.50 bits per heavy atom. The first-order valence-corrected chi connectivity index (χ1v) is 9.38. The van der Waals surface area contributed by atoms with Gasteiger partial charge in [-0.2, -0.15) is 13.2 Å². The second kappa shape index (κ2) is 11.6. The zero-order chi connectivity index (χ0) is 19.9. The van der Waals surface area contributed by atoms with Crippen LogP contribution >= 0.6 is 35.3 Å². The summed E-state index contributed by atoms with van der Waals surface area (Å²) in [5.41, 5.74) is 0.377. The highest BCUT2D eigenvalue weighted by atomic mass is 127. The van der Waals surface area contributed by atoms with Crippen molar-refractivity contribution in [1.82, 2.24) is 20.5 Å². The lowest BCUT2D eigenvalue weighted by molar-refractivity contribution is -0.140. The van der Waals surface area contributed by atoms with Gasteiger partial charge in [0, 0.05) is 31.6 Å². The van der Waals surface area contributed by atoms with Gasteiger partial charge >= 0.3 is 6.18 Å². The number of benzene rings is 1. The normalized spacial score (nSPS) is 13.2. The number of rotatable bonds is 7. The molecule has 0 spiro atoms. The topological polar surface area (TPSA) is 52.6 Å². The molecule has 1 aromatic carbocycles. The second-order valence-electron chi connectivity index (χ2n) is 6.18. The van der Waals surface area contributed by atoms with E-state index in [0.717, 1.165) is 23.3 Å². The van der Waals surface area contributed by atoms with Gasteiger partial charge in [-0.3, -0.25) is 9.89 Å². The molecule has 0 fully saturated rings. The summed E-state index contributed by atoms with van der Waals surface area (Å²) in [6, 6.07) is 10.4. The molecule has 0 aliphatic carbocycles. The van der Waals surface area contributed by atoms with Crippen LogP contribution in [0, 0.1) is 0 Å². The minimum absolute atomic E-state index is 0. The van der Waals surface area contributed by atoms with E-state index in [1.54, 1.807) is 7.05 Å². The fourth-order valence-corrected chi connectivity index (χ4v) is 3.07. The van der Waals surface area contributed by atoms with Gasteiger partial charge < -0.3 is 10.6 Å². The van der Waals surface area contributed by atoms with E-state index in [1.807, 2.05) is 25.2 Å². The van der Waals surface area contributed by atoms with Crippen molar-refractivity contribution < 1.29 is 13.2 Å². The van der Waals surface area contributed by atoms with Crippen molar-refractivity contribution >= 4 is 41.3 Å². The van der Waals surface area contributed by atoms with Gasteiger partial charge in [0.2, 0.25) is 0 Å². The standard InChI is InChI=1S/C18H24F3N5S.HI/c1-13(26(3)11-14-7-5-4-6-8-14)9-23-17(22-2)24-10-16-25-15(12-27-16)18(19,20)21;/h4-8,12-13H,9-11H2,1-3H3,(H2,22,23,24);1H. The molecule has 1 atom stereocenters. The van der Waals surface area contributed by atoms with E-state index in [1.165, 1.54) is 5.56 Å². The van der Waals surface area contributed by atoms with Crippen LogP contribution in [-0.4, -0.2) is 42.5 Å². The SMILES string of the molecule is CN=C(NCc1nc(C(F)(F)F)cs1)NCC(C)N(C)Cc1ccccc1.I. The van der Waals surface area contributed by atoms with E-state index in [2.05, 4.69) is 44.6 Å². The highest BCUT2D eigenvalue weighted by Crippen LogP contribution is 2.29. The summed E-state index contributed by atoms with van der Waals surface area (Å²) >= 11 is 0.975. The van der Waals surface area contributed by atoms with Crippen LogP contribution in [0.15, 0.2) is 40.7 Å². The molecule has 156 valence electrons. The van der Waals surface area contributed by atoms with Gasteiger partial charge in [0.1, 0.15) is 5.01 Å². The zero-order valence-electron chi connectivity index (χ0n) is 16.0. The van der Waals surface area contributed by atoms with Gasteiger partial charge in [0.05, 0.1) is 6.54 Å². The van der Waals surface area contributed by atoms with Crippen molar-refractivity contribution in [1.29, 1.82) is 0 Å². The van der Waals surface area contributed by atoms with Crippen molar-refractivity contribution in [2.24, 2.45) is 4.99 Å². The second-order valence-corrected chi connectivity index (χ2v) is 7.12. The minimum Gasteiger partial charge on any atom is -0.355 e. The fourth-order valence-electron chi connectivity index (χ4n) is 2.33. The third-order valence-electron chi connectivity index (χ3n) is 4.07. The van der Waals surface area contributed by atoms with E-state index >= 15 is 0 Å². The molecule has 1 aromatic heterocycles. The van der Waals surface area contributed by atoms with Crippen molar-refractivity contribution in [2.45, 2.75) is 32.2 Å². The third-order valence-corrected chi connectivity index (χ3v) is 4.91. The van der Waals surface area contributed by atoms with Gasteiger partial charge in [0.15, 0.2) is 11.7 Å². The fraction of sp³-hybridized carbons (Fsp3) is 0.444. The molecule has 1 unspecified atom stereocenters. The number of aromatic nitrogens is 1. The Morgan fingerprint density at radius 2 is 1.93 bits per heavy atom. The molecule has 0 bridgehead atoms. The Labute approximate surface area is 184 Å². The molecule has 28 heavy (non-hydrogen) atoms. The Hall–Kier alpha value is -1.40. The molecule has 1 heterocycles. The van der Waals surface area contributed by atoms with Crippen molar-refractivity contribution in [3.05, 3.63) is 52.0 Å². The lowest BCUT2D eigenvalue weighted by Gasteiger charge is -2.25. The lowest BCUT2D eigenvalue weighted by atomic mass is 10.2. The number of halogens is 4. The maximum absolute atomic E-state index is 12.6. The molecule has 5 nitrogen and oxygen atoms in total. The summed E-state index contributed by atoms with van der Waals surface area (Å²) in [4.78, 5) is 9.92. The molecule has 0 saturated heterocycles. The van der Waals surface area contributed by atoms with Gasteiger partial charge in [-0.15, -0.1) is 35.3 Å². The number of likely N-dealkylation sites (N-methyl/N-ethyl adjacent to an activating group) is 1. The average molecular weight is 527 g/mol. The van der Waals surface area contributed by atoms with Crippen LogP contribution in [0.4, 0.5) is 13.2 Å². The van der Waals surface area contributed by atoms with E-state index in [4.69, 9.17) is 0 Å². The predicted molar refractivity (Wildman–Crippen MR) is 118 cm³/mol. The largest absolute Gasteiger partial charge is 0.434 e. The molecule has 0 aliphatic rings. The quantitative estimate of drug-likeness (QED) is 0.325. The zero-order valence-corrected chi connectivity index (χ0v) is 19.1. The molecule has 0 radical (unpaired) electrons. The first kappa shape index (κ1) is 24.6. The maximum Gasteiger partial charge on any atom is 0.434 e. The summed E-state index contributed by atoms with van der Waals surface area (Å²) in [7, 11) is 3.67. The Balaban J connectivity index is 0.00000392. The van der Waals surface area contributed by atoms with Crippen LogP contribution in [0.25, 0.3) is 0 Å². The van der Waals surface area contributed by atoms with Crippen LogP contribution in [0.3, 0.4) is 0 Å². The molecule has 0 amide bonds. The minimum atomic E-state index is -4.41. The molecule has 0 aliphatic heterocycles. The molecule has 0 saturated carbocycles.